The Labute approximate surface area is 113 Å². The van der Waals surface area contributed by atoms with Crippen molar-refractivity contribution in [2.45, 2.75) is 34.6 Å². The maximum absolute atomic E-state index is 11.7. The summed E-state index contributed by atoms with van der Waals surface area (Å²) >= 11 is 1.53. The summed E-state index contributed by atoms with van der Waals surface area (Å²) in [7, 11) is 0. The first-order chi connectivity index (χ1) is 8.14. The fourth-order valence-corrected chi connectivity index (χ4v) is 2.14. The van der Waals surface area contributed by atoms with E-state index in [9.17, 15) is 4.79 Å². The molecule has 1 rings (SSSR count). The van der Waals surface area contributed by atoms with Crippen LogP contribution in [0.15, 0.2) is 17.5 Å². The van der Waals surface area contributed by atoms with Gasteiger partial charge in [-0.05, 0) is 32.2 Å². The van der Waals surface area contributed by atoms with Crippen molar-refractivity contribution in [3.8, 4) is 0 Å². The van der Waals surface area contributed by atoms with Gasteiger partial charge < -0.3 is 10.1 Å². The number of nitrogens with one attached hydrogen (secondary N) is 1. The van der Waals surface area contributed by atoms with E-state index in [1.54, 1.807) is 0 Å². The Morgan fingerprint density at radius 2 is 1.94 bits per heavy atom. The van der Waals surface area contributed by atoms with E-state index in [0.29, 0.717) is 5.71 Å². The molecule has 0 radical (unpaired) electrons. The Kier molecular flexibility index (Phi) is 4.32. The van der Waals surface area contributed by atoms with E-state index in [-0.39, 0.29) is 12.6 Å². The molecule has 0 spiro atoms. The van der Waals surface area contributed by atoms with Gasteiger partial charge in [0.2, 0.25) is 0 Å². The highest BCUT2D eigenvalue weighted by Gasteiger charge is 2.30. The minimum absolute atomic E-state index is 0.227. The van der Waals surface area contributed by atoms with Gasteiger partial charge in [0.1, 0.15) is 6.61 Å². The van der Waals surface area contributed by atoms with Gasteiger partial charge in [0.15, 0.2) is 0 Å². The highest BCUT2D eigenvalue weighted by Crippen LogP contribution is 2.26. The lowest BCUT2D eigenvalue weighted by molar-refractivity contribution is -0.154. The molecule has 0 aliphatic carbocycles. The van der Waals surface area contributed by atoms with Crippen LogP contribution in [0, 0.1) is 16.2 Å². The Morgan fingerprint density at radius 3 is 2.39 bits per heavy atom. The fraction of sp³-hybridized carbons (Fsp3) is 0.571. The monoisotopic (exact) mass is 267 g/mol. The van der Waals surface area contributed by atoms with E-state index in [1.807, 2.05) is 52.1 Å². The minimum atomic E-state index is -0.499. The second-order valence-electron chi connectivity index (χ2n) is 6.06. The lowest BCUT2D eigenvalue weighted by Gasteiger charge is -2.26. The van der Waals surface area contributed by atoms with Gasteiger partial charge in [-0.1, -0.05) is 19.9 Å². The fourth-order valence-electron chi connectivity index (χ4n) is 1.29. The van der Waals surface area contributed by atoms with Crippen molar-refractivity contribution in [1.29, 1.82) is 5.41 Å². The summed E-state index contributed by atoms with van der Waals surface area (Å²) in [6, 6.07) is 3.84. The van der Waals surface area contributed by atoms with E-state index >= 15 is 0 Å². The molecular weight excluding hydrogens is 246 g/mol. The Bertz CT molecular complexity index is 427. The number of thiophene rings is 1. The van der Waals surface area contributed by atoms with Crippen molar-refractivity contribution in [3.05, 3.63) is 22.4 Å². The quantitative estimate of drug-likeness (QED) is 0.667. The third-order valence-electron chi connectivity index (χ3n) is 2.62. The highest BCUT2D eigenvalue weighted by molar-refractivity contribution is 7.12. The highest BCUT2D eigenvalue weighted by atomic mass is 32.1. The molecule has 0 saturated carbocycles. The standard InChI is InChI=1S/C14H21NO2S/c1-13(2,3)12(16)17-9-14(4,5)11(15)10-7-6-8-18-10/h6-8,15H,9H2,1-5H3. The van der Waals surface area contributed by atoms with Crippen LogP contribution in [0.2, 0.25) is 0 Å². The first kappa shape index (κ1) is 14.9. The van der Waals surface area contributed by atoms with E-state index in [1.165, 1.54) is 11.3 Å². The Hall–Kier alpha value is -1.16. The van der Waals surface area contributed by atoms with Gasteiger partial charge in [0, 0.05) is 10.3 Å². The minimum Gasteiger partial charge on any atom is -0.464 e. The third kappa shape index (κ3) is 3.67. The number of hydrogen-bond acceptors (Lipinski definition) is 4. The van der Waals surface area contributed by atoms with E-state index in [4.69, 9.17) is 10.1 Å². The summed E-state index contributed by atoms with van der Waals surface area (Å²) in [5, 5.41) is 10.1. The van der Waals surface area contributed by atoms with Crippen LogP contribution >= 0.6 is 11.3 Å². The average Bonchev–Trinajstić information content (AvgIpc) is 2.76. The third-order valence-corrected chi connectivity index (χ3v) is 3.51. The van der Waals surface area contributed by atoms with Crippen LogP contribution in [0.3, 0.4) is 0 Å². The molecule has 0 fully saturated rings. The predicted octanol–water partition coefficient (Wildman–Crippen LogP) is 3.73. The van der Waals surface area contributed by atoms with Crippen molar-refractivity contribution in [2.24, 2.45) is 10.8 Å². The summed E-state index contributed by atoms with van der Waals surface area (Å²) < 4.78 is 5.32. The smallest absolute Gasteiger partial charge is 0.311 e. The zero-order valence-electron chi connectivity index (χ0n) is 11.7. The zero-order valence-corrected chi connectivity index (χ0v) is 12.5. The van der Waals surface area contributed by atoms with Crippen LogP contribution in [0.5, 0.6) is 0 Å². The first-order valence-corrected chi connectivity index (χ1v) is 6.83. The molecule has 1 aromatic rings. The Morgan fingerprint density at radius 1 is 1.33 bits per heavy atom. The number of hydrogen-bond donors (Lipinski definition) is 1. The number of carbonyl (C=O) groups excluding carboxylic acids is 1. The van der Waals surface area contributed by atoms with Crippen molar-refractivity contribution < 1.29 is 9.53 Å². The second kappa shape index (κ2) is 5.22. The van der Waals surface area contributed by atoms with Crippen molar-refractivity contribution in [1.82, 2.24) is 0 Å². The summed E-state index contributed by atoms with van der Waals surface area (Å²) in [6.45, 7) is 9.56. The Balaban J connectivity index is 2.66. The van der Waals surface area contributed by atoms with Gasteiger partial charge >= 0.3 is 5.97 Å². The van der Waals surface area contributed by atoms with Crippen LogP contribution in [0.1, 0.15) is 39.5 Å². The molecule has 100 valence electrons. The van der Waals surface area contributed by atoms with E-state index in [2.05, 4.69) is 0 Å². The molecule has 0 amide bonds. The second-order valence-corrected chi connectivity index (χ2v) is 7.01. The van der Waals surface area contributed by atoms with Crippen LogP contribution in [0.4, 0.5) is 0 Å². The number of carbonyl (C=O) groups is 1. The normalized spacial score (nSPS) is 12.3. The van der Waals surface area contributed by atoms with Crippen LogP contribution in [-0.2, 0) is 9.53 Å². The molecular formula is C14H21NO2S. The number of ether oxygens (including phenoxy) is 1. The molecule has 1 N–H and O–H groups in total. The number of esters is 1. The zero-order chi connectivity index (χ0) is 14.0. The molecule has 1 aromatic heterocycles. The summed E-state index contributed by atoms with van der Waals surface area (Å²) in [5.41, 5.74) is -0.452. The molecule has 0 aliphatic heterocycles. The molecule has 0 aliphatic rings. The average molecular weight is 267 g/mol. The van der Waals surface area contributed by atoms with Crippen LogP contribution in [-0.4, -0.2) is 18.3 Å². The van der Waals surface area contributed by atoms with E-state index in [0.717, 1.165) is 4.88 Å². The predicted molar refractivity (Wildman–Crippen MR) is 75.3 cm³/mol. The van der Waals surface area contributed by atoms with Crippen molar-refractivity contribution in [2.75, 3.05) is 6.61 Å². The molecule has 3 nitrogen and oxygen atoms in total. The summed E-state index contributed by atoms with van der Waals surface area (Å²) in [6.07, 6.45) is 0. The van der Waals surface area contributed by atoms with Gasteiger partial charge in [0.25, 0.3) is 0 Å². The van der Waals surface area contributed by atoms with Crippen LogP contribution < -0.4 is 0 Å². The molecule has 0 saturated heterocycles. The number of rotatable bonds is 4. The first-order valence-electron chi connectivity index (χ1n) is 5.95. The molecule has 0 atom stereocenters. The molecule has 1 heterocycles. The molecule has 0 bridgehead atoms. The van der Waals surface area contributed by atoms with Crippen molar-refractivity contribution >= 4 is 23.0 Å². The van der Waals surface area contributed by atoms with Gasteiger partial charge in [0.05, 0.1) is 11.1 Å². The van der Waals surface area contributed by atoms with Crippen LogP contribution in [0.25, 0.3) is 0 Å². The summed E-state index contributed by atoms with van der Waals surface area (Å²) in [4.78, 5) is 12.7. The maximum atomic E-state index is 11.7. The van der Waals surface area contributed by atoms with Crippen molar-refractivity contribution in [3.63, 3.8) is 0 Å². The van der Waals surface area contributed by atoms with Gasteiger partial charge in [-0.25, -0.2) is 0 Å². The molecule has 4 heteroatoms. The summed E-state index contributed by atoms with van der Waals surface area (Å²) in [5.74, 6) is -0.227. The molecule has 0 aromatic carbocycles. The SMILES string of the molecule is CC(C)(C)C(=O)OCC(C)(C)C(=N)c1cccs1. The maximum Gasteiger partial charge on any atom is 0.311 e. The largest absolute Gasteiger partial charge is 0.464 e. The van der Waals surface area contributed by atoms with Gasteiger partial charge in [-0.3, -0.25) is 4.79 Å². The molecule has 0 unspecified atom stereocenters. The lowest BCUT2D eigenvalue weighted by Crippen LogP contribution is -2.33. The topological polar surface area (TPSA) is 50.2 Å². The van der Waals surface area contributed by atoms with Gasteiger partial charge in [-0.2, -0.15) is 0 Å². The van der Waals surface area contributed by atoms with Gasteiger partial charge in [-0.15, -0.1) is 11.3 Å². The van der Waals surface area contributed by atoms with E-state index < -0.39 is 10.8 Å². The molecule has 18 heavy (non-hydrogen) atoms. The lowest BCUT2D eigenvalue weighted by atomic mass is 9.87.